The number of rotatable bonds is 8. The second-order valence-electron chi connectivity index (χ2n) is 4.86. The third-order valence-corrected chi connectivity index (χ3v) is 5.41. The molecular formula is C16H19NO4S2. The van der Waals surface area contributed by atoms with Crippen molar-refractivity contribution in [3.63, 3.8) is 0 Å². The van der Waals surface area contributed by atoms with E-state index in [1.807, 2.05) is 12.3 Å². The molecule has 1 aromatic carbocycles. The summed E-state index contributed by atoms with van der Waals surface area (Å²) in [5, 5.41) is 4.55. The fourth-order valence-electron chi connectivity index (χ4n) is 1.90. The van der Waals surface area contributed by atoms with Crippen molar-refractivity contribution in [2.24, 2.45) is 0 Å². The standard InChI is InChI=1S/C16H19NO4S2/c1-2-13-6-8-14(9-7-13)23(19,20)21-11-4-10-17-16(18)15-5-3-12-22-15/h3,5-9,12H,2,4,10-11H2,1H3,(H,17,18). The van der Waals surface area contributed by atoms with Gasteiger partial charge in [0, 0.05) is 6.54 Å². The largest absolute Gasteiger partial charge is 0.351 e. The van der Waals surface area contributed by atoms with Crippen molar-refractivity contribution in [1.29, 1.82) is 0 Å². The van der Waals surface area contributed by atoms with Crippen molar-refractivity contribution in [3.8, 4) is 0 Å². The summed E-state index contributed by atoms with van der Waals surface area (Å²) in [5.74, 6) is -0.155. The van der Waals surface area contributed by atoms with Gasteiger partial charge in [0.15, 0.2) is 0 Å². The van der Waals surface area contributed by atoms with Gasteiger partial charge in [0.05, 0.1) is 16.4 Å². The van der Waals surface area contributed by atoms with Gasteiger partial charge in [-0.25, -0.2) is 0 Å². The Bertz CT molecular complexity index is 722. The first-order valence-corrected chi connectivity index (χ1v) is 9.62. The third-order valence-electron chi connectivity index (χ3n) is 3.21. The van der Waals surface area contributed by atoms with Gasteiger partial charge in [0.1, 0.15) is 0 Å². The molecule has 0 aliphatic rings. The van der Waals surface area contributed by atoms with Crippen LogP contribution in [-0.2, 0) is 20.7 Å². The van der Waals surface area contributed by atoms with Gasteiger partial charge in [0.25, 0.3) is 16.0 Å². The fourth-order valence-corrected chi connectivity index (χ4v) is 3.48. The molecule has 7 heteroatoms. The number of benzene rings is 1. The lowest BCUT2D eigenvalue weighted by Crippen LogP contribution is -2.24. The van der Waals surface area contributed by atoms with E-state index in [4.69, 9.17) is 4.18 Å². The van der Waals surface area contributed by atoms with Gasteiger partial charge >= 0.3 is 0 Å². The van der Waals surface area contributed by atoms with E-state index in [2.05, 4.69) is 5.32 Å². The smallest absolute Gasteiger partial charge is 0.296 e. The summed E-state index contributed by atoms with van der Waals surface area (Å²) in [6.45, 7) is 2.40. The Kier molecular flexibility index (Phi) is 6.32. The van der Waals surface area contributed by atoms with Gasteiger partial charge in [-0.15, -0.1) is 11.3 Å². The van der Waals surface area contributed by atoms with E-state index in [-0.39, 0.29) is 17.4 Å². The lowest BCUT2D eigenvalue weighted by Gasteiger charge is -2.07. The van der Waals surface area contributed by atoms with E-state index in [1.165, 1.54) is 11.3 Å². The molecule has 5 nitrogen and oxygen atoms in total. The average Bonchev–Trinajstić information content (AvgIpc) is 3.09. The molecule has 0 saturated carbocycles. The molecule has 1 heterocycles. The number of thiophene rings is 1. The maximum absolute atomic E-state index is 12.0. The maximum atomic E-state index is 12.0. The van der Waals surface area contributed by atoms with Crippen molar-refractivity contribution < 1.29 is 17.4 Å². The van der Waals surface area contributed by atoms with Crippen LogP contribution in [0.1, 0.15) is 28.6 Å². The van der Waals surface area contributed by atoms with E-state index in [9.17, 15) is 13.2 Å². The topological polar surface area (TPSA) is 72.5 Å². The minimum atomic E-state index is -3.74. The molecule has 1 N–H and O–H groups in total. The molecule has 0 aliphatic carbocycles. The van der Waals surface area contributed by atoms with Crippen LogP contribution < -0.4 is 5.32 Å². The molecule has 23 heavy (non-hydrogen) atoms. The first kappa shape index (κ1) is 17.7. The zero-order valence-corrected chi connectivity index (χ0v) is 14.5. The monoisotopic (exact) mass is 353 g/mol. The lowest BCUT2D eigenvalue weighted by atomic mass is 10.2. The molecule has 0 fully saturated rings. The minimum Gasteiger partial charge on any atom is -0.351 e. The molecule has 0 radical (unpaired) electrons. The van der Waals surface area contributed by atoms with Crippen molar-refractivity contribution in [2.45, 2.75) is 24.7 Å². The minimum absolute atomic E-state index is 0.0303. The Labute approximate surface area is 140 Å². The van der Waals surface area contributed by atoms with Crippen LogP contribution in [-0.4, -0.2) is 27.5 Å². The van der Waals surface area contributed by atoms with Gasteiger partial charge < -0.3 is 5.32 Å². The van der Waals surface area contributed by atoms with E-state index >= 15 is 0 Å². The predicted molar refractivity (Wildman–Crippen MR) is 90.2 cm³/mol. The highest BCUT2D eigenvalue weighted by Gasteiger charge is 2.14. The van der Waals surface area contributed by atoms with Gasteiger partial charge in [-0.2, -0.15) is 8.42 Å². The summed E-state index contributed by atoms with van der Waals surface area (Å²) in [6.07, 6.45) is 1.27. The Morgan fingerprint density at radius 2 is 1.96 bits per heavy atom. The predicted octanol–water partition coefficient (Wildman–Crippen LogP) is 2.84. The molecule has 2 aromatic rings. The maximum Gasteiger partial charge on any atom is 0.296 e. The Morgan fingerprint density at radius 1 is 1.22 bits per heavy atom. The number of amides is 1. The summed E-state index contributed by atoms with van der Waals surface area (Å²) in [5.41, 5.74) is 1.07. The summed E-state index contributed by atoms with van der Waals surface area (Å²) < 4.78 is 29.0. The molecular weight excluding hydrogens is 334 g/mol. The quantitative estimate of drug-likeness (QED) is 0.585. The van der Waals surface area contributed by atoms with E-state index in [0.29, 0.717) is 17.8 Å². The zero-order chi connectivity index (χ0) is 16.7. The lowest BCUT2D eigenvalue weighted by molar-refractivity contribution is 0.0956. The molecule has 124 valence electrons. The summed E-state index contributed by atoms with van der Waals surface area (Å²) in [6, 6.07) is 10.2. The van der Waals surface area contributed by atoms with Crippen LogP contribution in [0, 0.1) is 0 Å². The van der Waals surface area contributed by atoms with Crippen LogP contribution in [0.15, 0.2) is 46.7 Å². The fraction of sp³-hybridized carbons (Fsp3) is 0.312. The van der Waals surface area contributed by atoms with E-state index in [1.54, 1.807) is 36.4 Å². The Morgan fingerprint density at radius 3 is 2.57 bits per heavy atom. The van der Waals surface area contributed by atoms with Crippen LogP contribution in [0.5, 0.6) is 0 Å². The third kappa shape index (κ3) is 5.16. The van der Waals surface area contributed by atoms with Gasteiger partial charge in [0.2, 0.25) is 0 Å². The van der Waals surface area contributed by atoms with Gasteiger partial charge in [-0.3, -0.25) is 8.98 Å². The first-order valence-electron chi connectivity index (χ1n) is 7.33. The molecule has 0 atom stereocenters. The molecule has 0 spiro atoms. The van der Waals surface area contributed by atoms with Crippen molar-refractivity contribution in [3.05, 3.63) is 52.2 Å². The highest BCUT2D eigenvalue weighted by Crippen LogP contribution is 2.14. The number of carbonyl (C=O) groups excluding carboxylic acids is 1. The van der Waals surface area contributed by atoms with Crippen LogP contribution in [0.2, 0.25) is 0 Å². The molecule has 0 saturated heterocycles. The molecule has 0 bridgehead atoms. The Balaban J connectivity index is 1.75. The van der Waals surface area contributed by atoms with Crippen LogP contribution >= 0.6 is 11.3 Å². The summed E-state index contributed by atoms with van der Waals surface area (Å²) >= 11 is 1.36. The highest BCUT2D eigenvalue weighted by molar-refractivity contribution is 7.86. The number of aryl methyl sites for hydroxylation is 1. The van der Waals surface area contributed by atoms with Gasteiger partial charge in [-0.05, 0) is 42.0 Å². The SMILES string of the molecule is CCc1ccc(S(=O)(=O)OCCCNC(=O)c2cccs2)cc1. The van der Waals surface area contributed by atoms with Crippen molar-refractivity contribution >= 4 is 27.4 Å². The van der Waals surface area contributed by atoms with E-state index in [0.717, 1.165) is 12.0 Å². The number of nitrogens with one attached hydrogen (secondary N) is 1. The number of carbonyl (C=O) groups is 1. The Hall–Kier alpha value is -1.70. The van der Waals surface area contributed by atoms with E-state index < -0.39 is 10.1 Å². The molecule has 0 unspecified atom stereocenters. The van der Waals surface area contributed by atoms with Gasteiger partial charge in [-0.1, -0.05) is 25.1 Å². The number of hydrogen-bond donors (Lipinski definition) is 1. The van der Waals surface area contributed by atoms with Crippen LogP contribution in [0.25, 0.3) is 0 Å². The van der Waals surface area contributed by atoms with Crippen molar-refractivity contribution in [2.75, 3.05) is 13.2 Å². The second-order valence-corrected chi connectivity index (χ2v) is 7.42. The second kappa shape index (κ2) is 8.24. The molecule has 2 rings (SSSR count). The van der Waals surface area contributed by atoms with Crippen LogP contribution in [0.3, 0.4) is 0 Å². The zero-order valence-electron chi connectivity index (χ0n) is 12.8. The summed E-state index contributed by atoms with van der Waals surface area (Å²) in [7, 11) is -3.74. The van der Waals surface area contributed by atoms with Crippen molar-refractivity contribution in [1.82, 2.24) is 5.32 Å². The highest BCUT2D eigenvalue weighted by atomic mass is 32.2. The average molecular weight is 353 g/mol. The first-order chi connectivity index (χ1) is 11.0. The molecule has 0 aliphatic heterocycles. The van der Waals surface area contributed by atoms with Crippen LogP contribution in [0.4, 0.5) is 0 Å². The molecule has 1 amide bonds. The normalized spacial score (nSPS) is 11.3. The molecule has 1 aromatic heterocycles. The summed E-state index contributed by atoms with van der Waals surface area (Å²) in [4.78, 5) is 12.5. The number of hydrogen-bond acceptors (Lipinski definition) is 5.